The molecule has 4 rings (SSSR count). The highest BCUT2D eigenvalue weighted by Crippen LogP contribution is 2.19. The van der Waals surface area contributed by atoms with Gasteiger partial charge in [-0.1, -0.05) is 47.1 Å². The molecule has 0 unspecified atom stereocenters. The molecule has 0 radical (unpaired) electrons. The minimum atomic E-state index is -0.216. The summed E-state index contributed by atoms with van der Waals surface area (Å²) in [5, 5.41) is 6.79. The zero-order chi connectivity index (χ0) is 22.2. The lowest BCUT2D eigenvalue weighted by Gasteiger charge is -2.07. The Kier molecular flexibility index (Phi) is 7.19. The zero-order valence-corrected chi connectivity index (χ0v) is 18.5. The van der Waals surface area contributed by atoms with Gasteiger partial charge in [0, 0.05) is 21.8 Å². The summed E-state index contributed by atoms with van der Waals surface area (Å²) in [5.41, 5.74) is 2.53. The van der Waals surface area contributed by atoms with E-state index in [0.717, 1.165) is 22.6 Å². The van der Waals surface area contributed by atoms with Crippen LogP contribution in [0, 0.1) is 6.92 Å². The fraction of sp³-hybridized carbons (Fsp3) is 0.160. The molecule has 4 aromatic rings. The van der Waals surface area contributed by atoms with Crippen LogP contribution in [-0.2, 0) is 6.54 Å². The van der Waals surface area contributed by atoms with Gasteiger partial charge < -0.3 is 14.6 Å². The van der Waals surface area contributed by atoms with Crippen molar-refractivity contribution in [2.45, 2.75) is 18.4 Å². The van der Waals surface area contributed by atoms with Gasteiger partial charge in [-0.15, -0.1) is 11.8 Å². The second-order valence-electron chi connectivity index (χ2n) is 7.10. The van der Waals surface area contributed by atoms with Gasteiger partial charge in [0.2, 0.25) is 11.7 Å². The first-order valence-electron chi connectivity index (χ1n) is 10.3. The predicted molar refractivity (Wildman–Crippen MR) is 125 cm³/mol. The van der Waals surface area contributed by atoms with Crippen molar-refractivity contribution in [3.63, 3.8) is 0 Å². The Morgan fingerprint density at radius 3 is 2.62 bits per heavy atom. The van der Waals surface area contributed by atoms with E-state index in [4.69, 9.17) is 9.26 Å². The smallest absolute Gasteiger partial charge is 0.251 e. The molecular weight excluding hydrogens is 422 g/mol. The topological polar surface area (TPSA) is 77.2 Å². The van der Waals surface area contributed by atoms with Crippen molar-refractivity contribution >= 4 is 17.7 Å². The first-order chi connectivity index (χ1) is 15.7. The Hall–Kier alpha value is -3.58. The molecule has 32 heavy (non-hydrogen) atoms. The molecule has 0 aliphatic heterocycles. The number of amides is 1. The van der Waals surface area contributed by atoms with Crippen molar-refractivity contribution in [3.05, 3.63) is 95.9 Å². The molecule has 6 nitrogen and oxygen atoms in total. The van der Waals surface area contributed by atoms with Crippen LogP contribution in [0.15, 0.2) is 88.3 Å². The Morgan fingerprint density at radius 1 is 1.03 bits per heavy atom. The molecule has 0 aliphatic rings. The molecule has 0 bridgehead atoms. The number of rotatable bonds is 9. The monoisotopic (exact) mass is 445 g/mol. The molecule has 162 valence electrons. The van der Waals surface area contributed by atoms with Crippen LogP contribution in [0.5, 0.6) is 5.75 Å². The highest BCUT2D eigenvalue weighted by molar-refractivity contribution is 7.99. The average molecular weight is 446 g/mol. The van der Waals surface area contributed by atoms with Crippen LogP contribution in [0.2, 0.25) is 0 Å². The molecule has 0 spiro atoms. The molecule has 0 atom stereocenters. The molecule has 0 saturated carbocycles. The number of hydrogen-bond donors (Lipinski definition) is 1. The minimum Gasteiger partial charge on any atom is -0.493 e. The molecular formula is C25H23N3O3S. The minimum absolute atomic E-state index is 0.159. The third-order valence-corrected chi connectivity index (χ3v) is 5.60. The fourth-order valence-corrected chi connectivity index (χ4v) is 3.78. The second kappa shape index (κ2) is 10.6. The Labute approximate surface area is 191 Å². The molecule has 3 aromatic carbocycles. The van der Waals surface area contributed by atoms with Gasteiger partial charge in [0.05, 0.1) is 13.2 Å². The maximum absolute atomic E-state index is 12.4. The summed E-state index contributed by atoms with van der Waals surface area (Å²) in [6, 6.07) is 25.1. The summed E-state index contributed by atoms with van der Waals surface area (Å²) < 4.78 is 11.0. The van der Waals surface area contributed by atoms with Gasteiger partial charge in [-0.2, -0.15) is 4.98 Å². The van der Waals surface area contributed by atoms with Gasteiger partial charge >= 0.3 is 0 Å². The number of thioether (sulfide) groups is 1. The van der Waals surface area contributed by atoms with E-state index in [0.29, 0.717) is 23.9 Å². The van der Waals surface area contributed by atoms with Crippen LogP contribution in [0.4, 0.5) is 0 Å². The molecule has 0 saturated heterocycles. The molecule has 7 heteroatoms. The Bertz CT molecular complexity index is 1160. The van der Waals surface area contributed by atoms with Crippen molar-refractivity contribution in [1.82, 2.24) is 15.5 Å². The number of carbonyl (C=O) groups excluding carboxylic acids is 1. The van der Waals surface area contributed by atoms with E-state index in [2.05, 4.69) is 27.6 Å². The van der Waals surface area contributed by atoms with E-state index in [9.17, 15) is 4.79 Å². The van der Waals surface area contributed by atoms with Gasteiger partial charge in [0.15, 0.2) is 0 Å². The van der Waals surface area contributed by atoms with E-state index < -0.39 is 0 Å². The van der Waals surface area contributed by atoms with Crippen LogP contribution in [0.1, 0.15) is 21.8 Å². The van der Waals surface area contributed by atoms with E-state index in [-0.39, 0.29) is 12.5 Å². The van der Waals surface area contributed by atoms with Crippen LogP contribution in [0.25, 0.3) is 11.4 Å². The number of carbonyl (C=O) groups is 1. The van der Waals surface area contributed by atoms with Gasteiger partial charge in [-0.05, 0) is 49.4 Å². The van der Waals surface area contributed by atoms with E-state index in [1.807, 2.05) is 49.4 Å². The maximum Gasteiger partial charge on any atom is 0.251 e. The standard InChI is InChI=1S/C25H23N3O3S/c1-18-6-5-7-20(16-18)24-27-23(31-28-24)17-26-25(29)19-10-12-21(13-11-19)30-14-15-32-22-8-3-2-4-9-22/h2-13,16H,14-15,17H2,1H3,(H,26,29). The van der Waals surface area contributed by atoms with Crippen molar-refractivity contribution in [1.29, 1.82) is 0 Å². The summed E-state index contributed by atoms with van der Waals surface area (Å²) >= 11 is 1.74. The first-order valence-corrected chi connectivity index (χ1v) is 11.2. The number of hydrogen-bond acceptors (Lipinski definition) is 6. The summed E-state index contributed by atoms with van der Waals surface area (Å²) in [4.78, 5) is 18.0. The van der Waals surface area contributed by atoms with E-state index in [1.54, 1.807) is 36.0 Å². The van der Waals surface area contributed by atoms with Crippen molar-refractivity contribution < 1.29 is 14.1 Å². The van der Waals surface area contributed by atoms with E-state index in [1.165, 1.54) is 4.90 Å². The number of ether oxygens (including phenoxy) is 1. The molecule has 0 fully saturated rings. The molecule has 1 aromatic heterocycles. The van der Waals surface area contributed by atoms with Crippen LogP contribution in [0.3, 0.4) is 0 Å². The molecule has 1 N–H and O–H groups in total. The average Bonchev–Trinajstić information content (AvgIpc) is 3.31. The number of aryl methyl sites for hydroxylation is 1. The van der Waals surface area contributed by atoms with Gasteiger partial charge in [-0.25, -0.2) is 0 Å². The number of benzene rings is 3. The normalized spacial score (nSPS) is 10.7. The van der Waals surface area contributed by atoms with E-state index >= 15 is 0 Å². The van der Waals surface area contributed by atoms with Gasteiger partial charge in [0.1, 0.15) is 5.75 Å². The predicted octanol–water partition coefficient (Wildman–Crippen LogP) is 5.15. The fourth-order valence-electron chi connectivity index (χ4n) is 3.02. The zero-order valence-electron chi connectivity index (χ0n) is 17.7. The largest absolute Gasteiger partial charge is 0.493 e. The Morgan fingerprint density at radius 2 is 1.84 bits per heavy atom. The highest BCUT2D eigenvalue weighted by Gasteiger charge is 2.11. The lowest BCUT2D eigenvalue weighted by Crippen LogP contribution is -2.22. The van der Waals surface area contributed by atoms with Crippen LogP contribution >= 0.6 is 11.8 Å². The molecule has 1 heterocycles. The third kappa shape index (κ3) is 5.98. The first kappa shape index (κ1) is 21.6. The van der Waals surface area contributed by atoms with Crippen LogP contribution < -0.4 is 10.1 Å². The second-order valence-corrected chi connectivity index (χ2v) is 8.27. The van der Waals surface area contributed by atoms with Gasteiger partial charge in [-0.3, -0.25) is 4.79 Å². The van der Waals surface area contributed by atoms with Crippen LogP contribution in [-0.4, -0.2) is 28.4 Å². The third-order valence-electron chi connectivity index (χ3n) is 4.63. The number of nitrogens with one attached hydrogen (secondary N) is 1. The molecule has 0 aliphatic carbocycles. The lowest BCUT2D eigenvalue weighted by molar-refractivity contribution is 0.0946. The summed E-state index contributed by atoms with van der Waals surface area (Å²) in [7, 11) is 0. The number of nitrogens with zero attached hydrogens (tertiary/aromatic N) is 2. The SMILES string of the molecule is Cc1cccc(-c2noc(CNC(=O)c3ccc(OCCSc4ccccc4)cc3)n2)c1. The summed E-state index contributed by atoms with van der Waals surface area (Å²) in [5.74, 6) is 2.22. The molecule has 1 amide bonds. The summed E-state index contributed by atoms with van der Waals surface area (Å²) in [6.07, 6.45) is 0. The van der Waals surface area contributed by atoms with Crippen molar-refractivity contribution in [2.75, 3.05) is 12.4 Å². The lowest BCUT2D eigenvalue weighted by atomic mass is 10.1. The maximum atomic E-state index is 12.4. The highest BCUT2D eigenvalue weighted by atomic mass is 32.2. The summed E-state index contributed by atoms with van der Waals surface area (Å²) in [6.45, 7) is 2.75. The van der Waals surface area contributed by atoms with Crippen molar-refractivity contribution in [2.24, 2.45) is 0 Å². The van der Waals surface area contributed by atoms with Gasteiger partial charge in [0.25, 0.3) is 5.91 Å². The van der Waals surface area contributed by atoms with Crippen molar-refractivity contribution in [3.8, 4) is 17.1 Å². The quantitative estimate of drug-likeness (QED) is 0.284. The number of aromatic nitrogens is 2. The Balaban J connectivity index is 1.23.